The van der Waals surface area contributed by atoms with Crippen molar-refractivity contribution in [2.75, 3.05) is 36.9 Å². The van der Waals surface area contributed by atoms with Crippen molar-refractivity contribution in [2.45, 2.75) is 89.6 Å². The van der Waals surface area contributed by atoms with Crippen molar-refractivity contribution in [1.82, 2.24) is 5.32 Å². The van der Waals surface area contributed by atoms with Gasteiger partial charge in [0.2, 0.25) is 18.0 Å². The van der Waals surface area contributed by atoms with Crippen LogP contribution in [0.25, 0.3) is 0 Å². The summed E-state index contributed by atoms with van der Waals surface area (Å²) < 4.78 is 22.9. The fraction of sp³-hybridized carbons (Fsp3) is 0.719. The smallest absolute Gasteiger partial charge is 0.328 e. The molecule has 1 saturated carbocycles. The minimum atomic E-state index is -1.20. The number of carbonyl (C=O) groups excluding carboxylic acids is 3. The lowest BCUT2D eigenvalue weighted by atomic mass is 9.65. The Bertz CT molecular complexity index is 1140. The van der Waals surface area contributed by atoms with E-state index in [-0.39, 0.29) is 37.0 Å². The molecule has 1 amide bonds. The average Bonchev–Trinajstić information content (AvgIpc) is 3.18. The van der Waals surface area contributed by atoms with Gasteiger partial charge in [-0.05, 0) is 55.7 Å². The third kappa shape index (κ3) is 9.23. The number of hydrogen-bond acceptors (Lipinski definition) is 10. The number of methoxy groups -OCH3 is 1. The molecule has 4 rings (SSSR count). The van der Waals surface area contributed by atoms with E-state index in [2.05, 4.69) is 10.2 Å². The van der Waals surface area contributed by atoms with Crippen LogP contribution < -0.4 is 10.2 Å². The van der Waals surface area contributed by atoms with Crippen LogP contribution in [-0.4, -0.2) is 79.5 Å². The van der Waals surface area contributed by atoms with Crippen molar-refractivity contribution in [2.24, 2.45) is 23.7 Å². The highest BCUT2D eigenvalue weighted by molar-refractivity contribution is 6.18. The molecule has 2 aliphatic heterocycles. The van der Waals surface area contributed by atoms with Crippen molar-refractivity contribution < 1.29 is 43.5 Å². The molecule has 0 aromatic heterocycles. The molecule has 0 spiro atoms. The molecule has 1 aliphatic carbocycles. The van der Waals surface area contributed by atoms with E-state index in [0.29, 0.717) is 37.2 Å². The Morgan fingerprint density at radius 1 is 1.11 bits per heavy atom. The maximum Gasteiger partial charge on any atom is 0.328 e. The van der Waals surface area contributed by atoms with Gasteiger partial charge in [0.1, 0.15) is 6.04 Å². The van der Waals surface area contributed by atoms with Crippen LogP contribution in [0.3, 0.4) is 0 Å². The predicted octanol–water partition coefficient (Wildman–Crippen LogP) is 4.86. The van der Waals surface area contributed by atoms with E-state index in [0.717, 1.165) is 36.9 Å². The summed E-state index contributed by atoms with van der Waals surface area (Å²) in [6.45, 7) is 4.99. The van der Waals surface area contributed by atoms with Crippen LogP contribution in [0.5, 0.6) is 0 Å². The topological polar surface area (TPSA) is 133 Å². The highest BCUT2D eigenvalue weighted by Gasteiger charge is 2.54. The second kappa shape index (κ2) is 16.6. The second-order valence-corrected chi connectivity index (χ2v) is 13.2. The molecule has 2 N–H and O–H groups in total. The molecule has 8 unspecified atom stereocenters. The van der Waals surface area contributed by atoms with Gasteiger partial charge in [-0.3, -0.25) is 9.59 Å². The van der Waals surface area contributed by atoms with Crippen LogP contribution >= 0.6 is 23.2 Å². The van der Waals surface area contributed by atoms with Crippen molar-refractivity contribution >= 4 is 46.7 Å². The number of amides is 1. The van der Waals surface area contributed by atoms with Crippen LogP contribution in [0.2, 0.25) is 0 Å². The van der Waals surface area contributed by atoms with Gasteiger partial charge in [-0.1, -0.05) is 25.5 Å². The molecule has 252 valence electrons. The van der Waals surface area contributed by atoms with Gasteiger partial charge < -0.3 is 29.2 Å². The van der Waals surface area contributed by atoms with Crippen molar-refractivity contribution in [3.63, 3.8) is 0 Å². The summed E-state index contributed by atoms with van der Waals surface area (Å²) in [7, 11) is 1.26. The van der Waals surface area contributed by atoms with Crippen molar-refractivity contribution in [1.29, 1.82) is 0 Å². The van der Waals surface area contributed by atoms with Gasteiger partial charge in [0.15, 0.2) is 6.29 Å². The lowest BCUT2D eigenvalue weighted by Crippen LogP contribution is -2.53. The van der Waals surface area contributed by atoms with Gasteiger partial charge >= 0.3 is 11.9 Å². The molecule has 3 aliphatic rings. The number of nitrogens with zero attached hydrogens (tertiary/aromatic N) is 1. The quantitative estimate of drug-likeness (QED) is 0.122. The fourth-order valence-corrected chi connectivity index (χ4v) is 7.40. The molecule has 0 radical (unpaired) electrons. The van der Waals surface area contributed by atoms with Gasteiger partial charge in [-0.2, -0.15) is 0 Å². The van der Waals surface area contributed by atoms with Crippen LogP contribution in [0.4, 0.5) is 5.69 Å². The zero-order valence-electron chi connectivity index (χ0n) is 26.3. The number of hydrogen-bond donors (Lipinski definition) is 2. The Balaban J connectivity index is 1.31. The summed E-state index contributed by atoms with van der Waals surface area (Å²) >= 11 is 11.8. The largest absolute Gasteiger partial charge is 0.467 e. The van der Waals surface area contributed by atoms with Crippen molar-refractivity contribution in [3.05, 3.63) is 29.8 Å². The maximum atomic E-state index is 12.9. The molecule has 0 bridgehead atoms. The van der Waals surface area contributed by atoms with E-state index in [4.69, 9.17) is 47.0 Å². The first-order valence-corrected chi connectivity index (χ1v) is 16.9. The molecular weight excluding hydrogens is 627 g/mol. The number of anilines is 1. The van der Waals surface area contributed by atoms with Gasteiger partial charge in [-0.25, -0.2) is 14.9 Å². The van der Waals surface area contributed by atoms with E-state index in [9.17, 15) is 19.6 Å². The van der Waals surface area contributed by atoms with Crippen LogP contribution in [-0.2, 0) is 44.6 Å². The summed E-state index contributed by atoms with van der Waals surface area (Å²) in [6.07, 6.45) is 2.76. The Labute approximate surface area is 275 Å². The summed E-state index contributed by atoms with van der Waals surface area (Å²) in [4.78, 5) is 45.0. The molecule has 45 heavy (non-hydrogen) atoms. The SMILES string of the molecule is COC(=O)C(Cc1ccc(N(CCCl)CCCl)cc1)NC(=O)CCC(=O)OC1OC2OC(C)(OO)CCC3CCCC(C1C)C32. The summed E-state index contributed by atoms with van der Waals surface area (Å²) in [5.41, 5.74) is 1.77. The first kappa shape index (κ1) is 35.7. The molecule has 8 atom stereocenters. The molecular formula is C32H46Cl2N2O9. The second-order valence-electron chi connectivity index (χ2n) is 12.4. The highest BCUT2D eigenvalue weighted by Crippen LogP contribution is 2.52. The molecule has 11 nitrogen and oxygen atoms in total. The minimum Gasteiger partial charge on any atom is -0.467 e. The first-order chi connectivity index (χ1) is 21.6. The predicted molar refractivity (Wildman–Crippen MR) is 168 cm³/mol. The van der Waals surface area contributed by atoms with Crippen LogP contribution in [0.1, 0.15) is 64.4 Å². The van der Waals surface area contributed by atoms with E-state index >= 15 is 0 Å². The number of nitrogens with one attached hydrogen (secondary N) is 1. The maximum absolute atomic E-state index is 12.9. The average molecular weight is 674 g/mol. The zero-order valence-corrected chi connectivity index (χ0v) is 27.8. The Kier molecular flexibility index (Phi) is 13.2. The number of ether oxygens (including phenoxy) is 4. The van der Waals surface area contributed by atoms with Gasteiger partial charge in [0, 0.05) is 61.6 Å². The number of esters is 2. The van der Waals surface area contributed by atoms with E-state index in [1.54, 1.807) is 6.92 Å². The van der Waals surface area contributed by atoms with E-state index < -0.39 is 42.3 Å². The normalized spacial score (nSPS) is 29.9. The monoisotopic (exact) mass is 672 g/mol. The Morgan fingerprint density at radius 2 is 1.82 bits per heavy atom. The van der Waals surface area contributed by atoms with Gasteiger partial charge in [0.05, 0.1) is 13.5 Å². The lowest BCUT2D eigenvalue weighted by molar-refractivity contribution is -0.442. The highest BCUT2D eigenvalue weighted by atomic mass is 35.5. The van der Waals surface area contributed by atoms with Gasteiger partial charge in [-0.15, -0.1) is 23.2 Å². The number of alkyl halides is 2. The summed E-state index contributed by atoms with van der Waals surface area (Å²) in [6, 6.07) is 6.66. The van der Waals surface area contributed by atoms with Crippen molar-refractivity contribution in [3.8, 4) is 0 Å². The fourth-order valence-electron chi connectivity index (χ4n) is 6.99. The molecule has 3 fully saturated rings. The zero-order chi connectivity index (χ0) is 32.6. The molecule has 13 heteroatoms. The Hall–Kier alpha value is -2.15. The number of carbonyl (C=O) groups is 3. The summed E-state index contributed by atoms with van der Waals surface area (Å²) in [5.74, 6) is -1.29. The minimum absolute atomic E-state index is 0.0677. The molecule has 1 aromatic carbocycles. The Morgan fingerprint density at radius 3 is 2.47 bits per heavy atom. The van der Waals surface area contributed by atoms with Crippen LogP contribution in [0, 0.1) is 23.7 Å². The molecule has 2 saturated heterocycles. The molecule has 1 aromatic rings. The standard InChI is InChI=1S/C32H46Cl2N2O9/c1-20-24-6-4-5-22-13-14-32(2,45-40)44-31(28(22)24)43-30(20)42-27(38)12-11-26(37)35-25(29(39)41-3)19-21-7-9-23(10-8-21)36(17-15-33)18-16-34/h7-10,20,22,24-25,28,30-31,40H,4-6,11-19H2,1-3H3,(H,35,37). The third-order valence-electron chi connectivity index (χ3n) is 9.44. The van der Waals surface area contributed by atoms with Gasteiger partial charge in [0.25, 0.3) is 0 Å². The molecule has 2 heterocycles. The third-order valence-corrected chi connectivity index (χ3v) is 9.78. The lowest BCUT2D eigenvalue weighted by Gasteiger charge is -2.49. The summed E-state index contributed by atoms with van der Waals surface area (Å²) in [5, 5.41) is 12.2. The number of halogens is 2. The van der Waals surface area contributed by atoms with Crippen LogP contribution in [0.15, 0.2) is 24.3 Å². The first-order valence-electron chi connectivity index (χ1n) is 15.8. The number of benzene rings is 1. The van der Waals surface area contributed by atoms with E-state index in [1.807, 2.05) is 31.2 Å². The van der Waals surface area contributed by atoms with E-state index in [1.165, 1.54) is 7.11 Å². The number of rotatable bonds is 14.